The lowest BCUT2D eigenvalue weighted by Gasteiger charge is -2.37. The fourth-order valence-electron chi connectivity index (χ4n) is 3.96. The normalized spacial score (nSPS) is 16.7. The fraction of sp³-hybridized carbons (Fsp3) is 0.348. The third-order valence-electron chi connectivity index (χ3n) is 5.50. The lowest BCUT2D eigenvalue weighted by molar-refractivity contribution is 0.0996. The Morgan fingerprint density at radius 3 is 2.72 bits per heavy atom. The van der Waals surface area contributed by atoms with Crippen LogP contribution >= 0.6 is 27.3 Å². The number of hydrogen-bond donors (Lipinski definition) is 1. The molecule has 2 aromatic heterocycles. The van der Waals surface area contributed by atoms with E-state index in [2.05, 4.69) is 70.3 Å². The molecule has 4 nitrogen and oxygen atoms in total. The Kier molecular flexibility index (Phi) is 6.23. The zero-order chi connectivity index (χ0) is 20.4. The standard InChI is InChI=1S/C23H25BrN2O2S/c1-15-8-10-26(11-9-15)21(17-5-3-6-18(24)14-17)19-13-16(2)29-23(19)25-22(27)20-7-4-12-28-20/h3-7,12-15,21H,8-11H2,1-2H3,(H,25,27)/t21-/m0/s1. The molecule has 0 radical (unpaired) electrons. The van der Waals surface area contributed by atoms with Crippen LogP contribution in [0.5, 0.6) is 0 Å². The number of carbonyl (C=O) groups excluding carboxylic acids is 1. The van der Waals surface area contributed by atoms with Crippen LogP contribution in [0.2, 0.25) is 0 Å². The number of rotatable bonds is 5. The summed E-state index contributed by atoms with van der Waals surface area (Å²) in [7, 11) is 0. The molecule has 6 heteroatoms. The van der Waals surface area contributed by atoms with E-state index in [0.717, 1.165) is 34.0 Å². The van der Waals surface area contributed by atoms with Crippen molar-refractivity contribution in [1.82, 2.24) is 4.90 Å². The molecule has 0 bridgehead atoms. The molecule has 152 valence electrons. The van der Waals surface area contributed by atoms with E-state index in [1.165, 1.54) is 29.5 Å². The van der Waals surface area contributed by atoms with Gasteiger partial charge in [0.2, 0.25) is 0 Å². The SMILES string of the molecule is Cc1cc([C@H](c2cccc(Br)c2)N2CCC(C)CC2)c(NC(=O)c2ccco2)s1. The van der Waals surface area contributed by atoms with Crippen molar-refractivity contribution in [2.75, 3.05) is 18.4 Å². The van der Waals surface area contributed by atoms with Gasteiger partial charge in [-0.3, -0.25) is 9.69 Å². The van der Waals surface area contributed by atoms with Gasteiger partial charge < -0.3 is 9.73 Å². The van der Waals surface area contributed by atoms with Crippen molar-refractivity contribution >= 4 is 38.2 Å². The van der Waals surface area contributed by atoms with Crippen LogP contribution in [0.4, 0.5) is 5.00 Å². The molecule has 1 N–H and O–H groups in total. The molecule has 0 saturated carbocycles. The second-order valence-corrected chi connectivity index (χ2v) is 9.92. The number of amides is 1. The van der Waals surface area contributed by atoms with Crippen LogP contribution < -0.4 is 5.32 Å². The molecule has 1 saturated heterocycles. The Morgan fingerprint density at radius 2 is 2.03 bits per heavy atom. The summed E-state index contributed by atoms with van der Waals surface area (Å²) in [4.78, 5) is 16.4. The van der Waals surface area contributed by atoms with E-state index < -0.39 is 0 Å². The monoisotopic (exact) mass is 472 g/mol. The van der Waals surface area contributed by atoms with E-state index in [1.807, 2.05) is 0 Å². The molecular formula is C23H25BrN2O2S. The van der Waals surface area contributed by atoms with Crippen molar-refractivity contribution in [1.29, 1.82) is 0 Å². The minimum Gasteiger partial charge on any atom is -0.459 e. The van der Waals surface area contributed by atoms with Crippen LogP contribution in [0.15, 0.2) is 57.6 Å². The van der Waals surface area contributed by atoms with Crippen LogP contribution in [-0.4, -0.2) is 23.9 Å². The molecule has 1 fully saturated rings. The smallest absolute Gasteiger partial charge is 0.291 e. The van der Waals surface area contributed by atoms with Crippen molar-refractivity contribution in [2.24, 2.45) is 5.92 Å². The molecule has 0 unspecified atom stereocenters. The molecule has 1 atom stereocenters. The van der Waals surface area contributed by atoms with Gasteiger partial charge in [-0.2, -0.15) is 0 Å². The minimum atomic E-state index is -0.210. The predicted molar refractivity (Wildman–Crippen MR) is 122 cm³/mol. The van der Waals surface area contributed by atoms with Crippen molar-refractivity contribution in [2.45, 2.75) is 32.7 Å². The lowest BCUT2D eigenvalue weighted by Crippen LogP contribution is -2.37. The van der Waals surface area contributed by atoms with E-state index in [0.29, 0.717) is 5.76 Å². The van der Waals surface area contributed by atoms with Crippen molar-refractivity contribution < 1.29 is 9.21 Å². The topological polar surface area (TPSA) is 45.5 Å². The molecule has 0 aliphatic carbocycles. The first-order valence-electron chi connectivity index (χ1n) is 9.96. The number of halogens is 1. The average Bonchev–Trinajstić information content (AvgIpc) is 3.34. The lowest BCUT2D eigenvalue weighted by atomic mass is 9.93. The highest BCUT2D eigenvalue weighted by Crippen LogP contribution is 2.41. The summed E-state index contributed by atoms with van der Waals surface area (Å²) in [5, 5.41) is 3.99. The van der Waals surface area contributed by atoms with Gasteiger partial charge in [-0.1, -0.05) is 35.0 Å². The summed E-state index contributed by atoms with van der Waals surface area (Å²) in [6.07, 6.45) is 3.91. The second-order valence-electron chi connectivity index (χ2n) is 7.75. The Morgan fingerprint density at radius 1 is 1.24 bits per heavy atom. The first-order valence-corrected chi connectivity index (χ1v) is 11.6. The zero-order valence-corrected chi connectivity index (χ0v) is 19.1. The highest BCUT2D eigenvalue weighted by Gasteiger charge is 2.29. The summed E-state index contributed by atoms with van der Waals surface area (Å²) < 4.78 is 6.35. The molecular weight excluding hydrogens is 448 g/mol. The number of nitrogens with zero attached hydrogens (tertiary/aromatic N) is 1. The van der Waals surface area contributed by atoms with Crippen molar-refractivity contribution in [3.63, 3.8) is 0 Å². The van der Waals surface area contributed by atoms with Gasteiger partial charge in [-0.25, -0.2) is 0 Å². The van der Waals surface area contributed by atoms with E-state index in [-0.39, 0.29) is 11.9 Å². The molecule has 1 aromatic carbocycles. The number of benzene rings is 1. The maximum atomic E-state index is 12.6. The Labute approximate surface area is 184 Å². The number of furan rings is 1. The summed E-state index contributed by atoms with van der Waals surface area (Å²) in [5.41, 5.74) is 2.39. The maximum Gasteiger partial charge on any atom is 0.291 e. The molecule has 4 rings (SSSR count). The van der Waals surface area contributed by atoms with E-state index in [4.69, 9.17) is 4.42 Å². The summed E-state index contributed by atoms with van der Waals surface area (Å²) in [6.45, 7) is 6.53. The Bertz CT molecular complexity index is 975. The molecule has 1 amide bonds. The fourth-order valence-corrected chi connectivity index (χ4v) is 5.31. The molecule has 3 aromatic rings. The van der Waals surface area contributed by atoms with Gasteiger partial charge in [0, 0.05) is 14.9 Å². The van der Waals surface area contributed by atoms with Crippen molar-refractivity contribution in [3.8, 4) is 0 Å². The first kappa shape index (κ1) is 20.4. The van der Waals surface area contributed by atoms with E-state index >= 15 is 0 Å². The number of nitrogens with one attached hydrogen (secondary N) is 1. The molecule has 0 spiro atoms. The second kappa shape index (κ2) is 8.86. The number of aryl methyl sites for hydroxylation is 1. The first-order chi connectivity index (χ1) is 14.0. The van der Waals surface area contributed by atoms with Gasteiger partial charge in [0.1, 0.15) is 5.00 Å². The van der Waals surface area contributed by atoms with Gasteiger partial charge >= 0.3 is 0 Å². The zero-order valence-electron chi connectivity index (χ0n) is 16.7. The summed E-state index contributed by atoms with van der Waals surface area (Å²) >= 11 is 5.25. The average molecular weight is 473 g/mol. The van der Waals surface area contributed by atoms with Crippen LogP contribution in [0.25, 0.3) is 0 Å². The quantitative estimate of drug-likeness (QED) is 0.461. The number of piperidine rings is 1. The Balaban J connectivity index is 1.71. The molecule has 1 aliphatic rings. The van der Waals surface area contributed by atoms with Gasteiger partial charge in [-0.05, 0) is 74.7 Å². The van der Waals surface area contributed by atoms with Crippen LogP contribution in [0, 0.1) is 12.8 Å². The van der Waals surface area contributed by atoms with Crippen LogP contribution in [0.1, 0.15) is 52.4 Å². The van der Waals surface area contributed by atoms with Crippen LogP contribution in [0.3, 0.4) is 0 Å². The molecule has 1 aliphatic heterocycles. The largest absolute Gasteiger partial charge is 0.459 e. The summed E-state index contributed by atoms with van der Waals surface area (Å²) in [6, 6.07) is 14.2. The molecule has 3 heterocycles. The maximum absolute atomic E-state index is 12.6. The number of hydrogen-bond acceptors (Lipinski definition) is 4. The highest BCUT2D eigenvalue weighted by atomic mass is 79.9. The predicted octanol–water partition coefficient (Wildman–Crippen LogP) is 6.49. The van der Waals surface area contributed by atoms with Crippen molar-refractivity contribution in [3.05, 3.63) is 75.0 Å². The number of thiophene rings is 1. The van der Waals surface area contributed by atoms with Gasteiger partial charge in [0.15, 0.2) is 5.76 Å². The van der Waals surface area contributed by atoms with Gasteiger partial charge in [-0.15, -0.1) is 11.3 Å². The van der Waals surface area contributed by atoms with E-state index in [9.17, 15) is 4.79 Å². The number of carbonyl (C=O) groups is 1. The Hall–Kier alpha value is -1.89. The number of likely N-dealkylation sites (tertiary alicyclic amines) is 1. The molecule has 29 heavy (non-hydrogen) atoms. The van der Waals surface area contributed by atoms with Crippen LogP contribution in [-0.2, 0) is 0 Å². The van der Waals surface area contributed by atoms with Gasteiger partial charge in [0.05, 0.1) is 12.3 Å². The number of anilines is 1. The third kappa shape index (κ3) is 4.65. The third-order valence-corrected chi connectivity index (χ3v) is 6.97. The van der Waals surface area contributed by atoms with Gasteiger partial charge in [0.25, 0.3) is 5.91 Å². The highest BCUT2D eigenvalue weighted by molar-refractivity contribution is 9.10. The minimum absolute atomic E-state index is 0.108. The summed E-state index contributed by atoms with van der Waals surface area (Å²) in [5.74, 6) is 0.878. The van der Waals surface area contributed by atoms with E-state index in [1.54, 1.807) is 23.5 Å².